The Morgan fingerprint density at radius 3 is 3.11 bits per heavy atom. The Kier molecular flexibility index (Phi) is 1.90. The van der Waals surface area contributed by atoms with Crippen LogP contribution >= 0.6 is 0 Å². The topological polar surface area (TPSA) is 33.4 Å². The van der Waals surface area contributed by atoms with Crippen molar-refractivity contribution in [1.29, 1.82) is 0 Å². The first kappa shape index (κ1) is 6.36. The molecular weight excluding hydrogens is 116 g/mol. The number of hydrogen-bond donors (Lipinski definition) is 1. The van der Waals surface area contributed by atoms with Crippen molar-refractivity contribution in [3.8, 4) is 0 Å². The summed E-state index contributed by atoms with van der Waals surface area (Å²) in [6.45, 7) is 1.74. The molecule has 0 aromatic carbocycles. The summed E-state index contributed by atoms with van der Waals surface area (Å²) in [7, 11) is 0. The minimum Gasteiger partial charge on any atom is -0.461 e. The molecule has 0 aliphatic rings. The molecule has 49 valence electrons. The number of furan rings is 1. The predicted octanol–water partition coefficient (Wildman–Crippen LogP) is 1.00. The zero-order chi connectivity index (χ0) is 6.69. The summed E-state index contributed by atoms with van der Waals surface area (Å²) in [5, 5.41) is 8.86. The second-order valence-electron chi connectivity index (χ2n) is 2.10. The van der Waals surface area contributed by atoms with E-state index in [1.165, 1.54) is 0 Å². The highest BCUT2D eigenvalue weighted by atomic mass is 16.3. The van der Waals surface area contributed by atoms with E-state index in [0.717, 1.165) is 5.56 Å². The third-order valence-corrected chi connectivity index (χ3v) is 1.04. The monoisotopic (exact) mass is 125 g/mol. The van der Waals surface area contributed by atoms with Crippen LogP contribution in [-0.4, -0.2) is 11.2 Å². The van der Waals surface area contributed by atoms with E-state index in [-0.39, 0.29) is 6.10 Å². The molecule has 0 unspecified atom stereocenters. The van der Waals surface area contributed by atoms with Gasteiger partial charge in [0.1, 0.15) is 0 Å². The van der Waals surface area contributed by atoms with Crippen LogP contribution in [0.4, 0.5) is 0 Å². The van der Waals surface area contributed by atoms with Crippen molar-refractivity contribution < 1.29 is 9.52 Å². The lowest BCUT2D eigenvalue weighted by Gasteiger charge is -1.97. The molecule has 1 atom stereocenters. The summed E-state index contributed by atoms with van der Waals surface area (Å²) < 4.78 is 4.68. The maximum absolute atomic E-state index is 8.86. The van der Waals surface area contributed by atoms with Crippen LogP contribution in [0.15, 0.2) is 16.7 Å². The number of aliphatic hydroxyl groups is 1. The van der Waals surface area contributed by atoms with Crippen molar-refractivity contribution in [1.82, 2.24) is 0 Å². The predicted molar refractivity (Wildman–Crippen MR) is 32.9 cm³/mol. The lowest BCUT2D eigenvalue weighted by molar-refractivity contribution is 0.195. The van der Waals surface area contributed by atoms with Crippen LogP contribution in [0.2, 0.25) is 0 Å². The molecule has 0 saturated heterocycles. The van der Waals surface area contributed by atoms with E-state index < -0.39 is 0 Å². The molecule has 0 spiro atoms. The van der Waals surface area contributed by atoms with Crippen molar-refractivity contribution >= 4 is 0 Å². The third-order valence-electron chi connectivity index (χ3n) is 1.04. The molecule has 1 rings (SSSR count). The number of aliphatic hydroxyl groups excluding tert-OH is 1. The first-order valence-corrected chi connectivity index (χ1v) is 2.91. The summed E-state index contributed by atoms with van der Waals surface area (Å²) in [4.78, 5) is 0. The van der Waals surface area contributed by atoms with Crippen molar-refractivity contribution in [2.75, 3.05) is 0 Å². The van der Waals surface area contributed by atoms with E-state index in [1.807, 2.05) is 0 Å². The molecule has 0 bridgehead atoms. The maximum atomic E-state index is 8.86. The lowest BCUT2D eigenvalue weighted by atomic mass is 10.2. The fraction of sp³-hybridized carbons (Fsp3) is 0.429. The second-order valence-corrected chi connectivity index (χ2v) is 2.10. The number of hydrogen-bond acceptors (Lipinski definition) is 2. The first-order valence-electron chi connectivity index (χ1n) is 2.91. The van der Waals surface area contributed by atoms with Gasteiger partial charge >= 0.3 is 0 Å². The van der Waals surface area contributed by atoms with Crippen LogP contribution in [0.1, 0.15) is 12.5 Å². The smallest absolute Gasteiger partial charge is 0.172 e. The van der Waals surface area contributed by atoms with Crippen molar-refractivity contribution in [3.63, 3.8) is 0 Å². The quantitative estimate of drug-likeness (QED) is 0.639. The molecule has 0 amide bonds. The zero-order valence-corrected chi connectivity index (χ0v) is 5.29. The Balaban J connectivity index is 2.48. The third kappa shape index (κ3) is 1.90. The van der Waals surface area contributed by atoms with E-state index in [9.17, 15) is 0 Å². The molecule has 1 radical (unpaired) electrons. The highest BCUT2D eigenvalue weighted by Gasteiger charge is 1.98. The van der Waals surface area contributed by atoms with Gasteiger partial charge in [0, 0.05) is 12.0 Å². The molecule has 2 nitrogen and oxygen atoms in total. The molecule has 0 saturated carbocycles. The Bertz CT molecular complexity index is 153. The molecule has 0 aliphatic carbocycles. The van der Waals surface area contributed by atoms with E-state index >= 15 is 0 Å². The van der Waals surface area contributed by atoms with Gasteiger partial charge in [-0.15, -0.1) is 0 Å². The van der Waals surface area contributed by atoms with Gasteiger partial charge in [-0.3, -0.25) is 0 Å². The maximum Gasteiger partial charge on any atom is 0.172 e. The van der Waals surface area contributed by atoms with Gasteiger partial charge < -0.3 is 9.52 Å². The molecule has 1 aromatic heterocycles. The largest absolute Gasteiger partial charge is 0.461 e. The summed E-state index contributed by atoms with van der Waals surface area (Å²) in [5.74, 6) is 0. The lowest BCUT2D eigenvalue weighted by Crippen LogP contribution is -2.02. The summed E-state index contributed by atoms with van der Waals surface area (Å²) in [6, 6.07) is 1.80. The average Bonchev–Trinajstić information content (AvgIpc) is 2.15. The van der Waals surface area contributed by atoms with Crippen LogP contribution in [0, 0.1) is 6.26 Å². The van der Waals surface area contributed by atoms with Gasteiger partial charge in [0.15, 0.2) is 6.26 Å². The number of rotatable bonds is 2. The van der Waals surface area contributed by atoms with Gasteiger partial charge in [0.25, 0.3) is 0 Å². The van der Waals surface area contributed by atoms with Crippen molar-refractivity contribution in [3.05, 3.63) is 24.2 Å². The molecule has 0 aliphatic heterocycles. The van der Waals surface area contributed by atoms with Gasteiger partial charge in [0.05, 0.1) is 12.4 Å². The van der Waals surface area contributed by atoms with Crippen LogP contribution in [0.3, 0.4) is 0 Å². The summed E-state index contributed by atoms with van der Waals surface area (Å²) in [6.07, 6.45) is 4.50. The fourth-order valence-electron chi connectivity index (χ4n) is 0.688. The summed E-state index contributed by atoms with van der Waals surface area (Å²) in [5.41, 5.74) is 0.921. The normalized spacial score (nSPS) is 13.6. The molecule has 2 heteroatoms. The van der Waals surface area contributed by atoms with Crippen LogP contribution in [-0.2, 0) is 6.42 Å². The highest BCUT2D eigenvalue weighted by molar-refractivity contribution is 5.04. The minimum absolute atomic E-state index is 0.307. The molecule has 1 heterocycles. The Labute approximate surface area is 54.1 Å². The minimum atomic E-state index is -0.307. The fourth-order valence-corrected chi connectivity index (χ4v) is 0.688. The Morgan fingerprint density at radius 1 is 1.89 bits per heavy atom. The molecule has 1 aromatic rings. The van der Waals surface area contributed by atoms with Crippen molar-refractivity contribution in [2.24, 2.45) is 0 Å². The molecule has 9 heavy (non-hydrogen) atoms. The standard InChI is InChI=1S/C7H9O2/c1-6(8)4-7-2-3-9-5-7/h2-3,6,8H,4H2,1H3/t6-/m1/s1. The zero-order valence-electron chi connectivity index (χ0n) is 5.29. The summed E-state index contributed by atoms with van der Waals surface area (Å²) >= 11 is 0. The first-order chi connectivity index (χ1) is 4.29. The van der Waals surface area contributed by atoms with Crippen LogP contribution < -0.4 is 0 Å². The average molecular weight is 125 g/mol. The second kappa shape index (κ2) is 2.69. The van der Waals surface area contributed by atoms with E-state index in [1.54, 1.807) is 19.3 Å². The highest BCUT2D eigenvalue weighted by Crippen LogP contribution is 2.01. The van der Waals surface area contributed by atoms with Gasteiger partial charge in [-0.05, 0) is 13.0 Å². The van der Waals surface area contributed by atoms with E-state index in [0.29, 0.717) is 6.42 Å². The SMILES string of the molecule is C[C@@H](O)Cc1[c]occ1. The molecule has 0 fully saturated rings. The van der Waals surface area contributed by atoms with Crippen molar-refractivity contribution in [2.45, 2.75) is 19.4 Å². The Hall–Kier alpha value is -0.760. The van der Waals surface area contributed by atoms with Crippen LogP contribution in [0.25, 0.3) is 0 Å². The van der Waals surface area contributed by atoms with Crippen LogP contribution in [0.5, 0.6) is 0 Å². The molecular formula is C7H9O2. The van der Waals surface area contributed by atoms with Gasteiger partial charge in [-0.2, -0.15) is 0 Å². The Morgan fingerprint density at radius 2 is 2.67 bits per heavy atom. The van der Waals surface area contributed by atoms with Gasteiger partial charge in [-0.1, -0.05) is 0 Å². The van der Waals surface area contributed by atoms with E-state index in [2.05, 4.69) is 10.7 Å². The molecule has 1 N–H and O–H groups in total. The van der Waals surface area contributed by atoms with Gasteiger partial charge in [-0.25, -0.2) is 0 Å². The van der Waals surface area contributed by atoms with E-state index in [4.69, 9.17) is 5.11 Å². The van der Waals surface area contributed by atoms with Gasteiger partial charge in [0.2, 0.25) is 0 Å².